The summed E-state index contributed by atoms with van der Waals surface area (Å²) in [6.45, 7) is 0.257. The molecule has 0 bridgehead atoms. The maximum atomic E-state index is 10.3. The van der Waals surface area contributed by atoms with Crippen molar-refractivity contribution in [3.8, 4) is 11.8 Å². The lowest BCUT2D eigenvalue weighted by Gasteiger charge is -2.28. The lowest BCUT2D eigenvalue weighted by molar-refractivity contribution is 0.328. The van der Waals surface area contributed by atoms with E-state index in [2.05, 4.69) is 27.3 Å². The highest BCUT2D eigenvalue weighted by atomic mass is 35.5. The number of nitrogens with one attached hydrogen (secondary N) is 3. The lowest BCUT2D eigenvalue weighted by atomic mass is 9.92. The molecule has 2 aromatic rings. The van der Waals surface area contributed by atoms with Gasteiger partial charge in [0.1, 0.15) is 34.8 Å². The first-order valence-electron chi connectivity index (χ1n) is 10.9. The van der Waals surface area contributed by atoms with E-state index >= 15 is 0 Å². The van der Waals surface area contributed by atoms with Crippen molar-refractivity contribution in [1.82, 2.24) is 10.6 Å². The highest BCUT2D eigenvalue weighted by Gasteiger charge is 2.30. The molecular weight excluding hydrogens is 537 g/mol. The Morgan fingerprint density at radius 1 is 1.17 bits per heavy atom. The van der Waals surface area contributed by atoms with E-state index in [1.165, 1.54) is 0 Å². The largest absolute Gasteiger partial charge is 0.492 e. The van der Waals surface area contributed by atoms with Crippen LogP contribution in [0.3, 0.4) is 0 Å². The van der Waals surface area contributed by atoms with Crippen LogP contribution in [0.5, 0.6) is 5.75 Å². The summed E-state index contributed by atoms with van der Waals surface area (Å²) in [4.78, 5) is 10.3. The monoisotopic (exact) mass is 557 g/mol. The molecule has 2 atom stereocenters. The second-order valence-electron chi connectivity index (χ2n) is 7.69. The van der Waals surface area contributed by atoms with E-state index in [1.807, 2.05) is 36.4 Å². The Morgan fingerprint density at radius 3 is 2.58 bits per heavy atom. The standard InChI is InChI=1S/C25H21Cl2N5O2S2/c26-17-5-1-16(2-6-17)24-31-18(13-35-24)14-36-25-21(12-29)22(20(11-28)23(27)32-25)15-3-7-19(8-4-15)34-10-9-30-33/h1-8,11,13,24-25,28,31-32H,9-10,14H2. The number of allylic oxidation sites excluding steroid dienone is 2. The maximum Gasteiger partial charge on any atom is 0.119 e. The molecule has 2 aliphatic heterocycles. The van der Waals surface area contributed by atoms with Crippen molar-refractivity contribution in [2.75, 3.05) is 18.9 Å². The van der Waals surface area contributed by atoms with Gasteiger partial charge in [-0.1, -0.05) is 52.6 Å². The van der Waals surface area contributed by atoms with E-state index in [-0.39, 0.29) is 18.5 Å². The maximum absolute atomic E-state index is 10.3. The summed E-state index contributed by atoms with van der Waals surface area (Å²) in [6.07, 6.45) is 1.15. The predicted octanol–water partition coefficient (Wildman–Crippen LogP) is 6.40. The minimum Gasteiger partial charge on any atom is -0.492 e. The summed E-state index contributed by atoms with van der Waals surface area (Å²) in [5, 5.41) is 30.3. The third-order valence-electron chi connectivity index (χ3n) is 5.40. The molecule has 0 aliphatic carbocycles. The van der Waals surface area contributed by atoms with Crippen LogP contribution in [0.2, 0.25) is 5.02 Å². The topological polar surface area (TPSA) is 110 Å². The molecule has 11 heteroatoms. The SMILES string of the molecule is N#CC1=C(c2ccc(OCCN=O)cc2)C(C=N)=C(Cl)NC1SCC1=CSC(c2ccc(Cl)cc2)N1. The Balaban J connectivity index is 1.49. The van der Waals surface area contributed by atoms with E-state index in [0.717, 1.165) is 23.0 Å². The van der Waals surface area contributed by atoms with Crippen molar-refractivity contribution in [3.63, 3.8) is 0 Å². The summed E-state index contributed by atoms with van der Waals surface area (Å²) in [6, 6.07) is 17.2. The summed E-state index contributed by atoms with van der Waals surface area (Å²) < 4.78 is 5.48. The second kappa shape index (κ2) is 12.4. The van der Waals surface area contributed by atoms with Crippen LogP contribution in [0.25, 0.3) is 5.57 Å². The van der Waals surface area contributed by atoms with Gasteiger partial charge in [-0.3, -0.25) is 0 Å². The van der Waals surface area contributed by atoms with Gasteiger partial charge in [-0.05, 0) is 40.8 Å². The normalized spacial score (nSPS) is 19.2. The van der Waals surface area contributed by atoms with Crippen LogP contribution in [-0.4, -0.2) is 30.5 Å². The van der Waals surface area contributed by atoms with Crippen molar-refractivity contribution < 1.29 is 4.74 Å². The molecule has 0 saturated heterocycles. The number of hydrogen-bond donors (Lipinski definition) is 3. The van der Waals surface area contributed by atoms with Crippen LogP contribution in [0.15, 0.2) is 81.1 Å². The highest BCUT2D eigenvalue weighted by Crippen LogP contribution is 2.40. The minimum absolute atomic E-state index is 0.0661. The van der Waals surface area contributed by atoms with Crippen LogP contribution in [-0.2, 0) is 0 Å². The molecule has 2 aromatic carbocycles. The van der Waals surface area contributed by atoms with Gasteiger partial charge in [0.05, 0.1) is 11.6 Å². The van der Waals surface area contributed by atoms with Crippen LogP contribution in [0, 0.1) is 21.6 Å². The van der Waals surface area contributed by atoms with Gasteiger partial charge in [-0.25, -0.2) is 0 Å². The van der Waals surface area contributed by atoms with Crippen molar-refractivity contribution >= 4 is 58.5 Å². The van der Waals surface area contributed by atoms with Gasteiger partial charge < -0.3 is 20.8 Å². The van der Waals surface area contributed by atoms with Crippen LogP contribution in [0.1, 0.15) is 16.5 Å². The average molecular weight is 559 g/mol. The number of rotatable bonds is 10. The molecule has 184 valence electrons. The zero-order chi connectivity index (χ0) is 25.5. The number of hydrogen-bond acceptors (Lipinski definition) is 9. The fraction of sp³-hybridized carbons (Fsp3) is 0.200. The Morgan fingerprint density at radius 2 is 1.92 bits per heavy atom. The number of nitroso groups, excluding NO2 is 1. The van der Waals surface area contributed by atoms with Gasteiger partial charge in [0.2, 0.25) is 0 Å². The van der Waals surface area contributed by atoms with E-state index in [4.69, 9.17) is 33.3 Å². The molecule has 3 N–H and O–H groups in total. The summed E-state index contributed by atoms with van der Waals surface area (Å²) >= 11 is 15.8. The van der Waals surface area contributed by atoms with Crippen LogP contribution >= 0.6 is 46.7 Å². The zero-order valence-electron chi connectivity index (χ0n) is 18.8. The predicted molar refractivity (Wildman–Crippen MR) is 149 cm³/mol. The molecule has 0 aromatic heterocycles. The number of dihydropyridines is 1. The lowest BCUT2D eigenvalue weighted by Crippen LogP contribution is -2.32. The molecule has 2 unspecified atom stereocenters. The minimum atomic E-state index is -0.391. The molecule has 4 rings (SSSR count). The number of halogens is 2. The molecule has 0 fully saturated rings. The summed E-state index contributed by atoms with van der Waals surface area (Å²) in [5.41, 5.74) is 4.47. The van der Waals surface area contributed by atoms with Gasteiger partial charge in [-0.2, -0.15) is 10.2 Å². The van der Waals surface area contributed by atoms with E-state index in [9.17, 15) is 10.2 Å². The molecule has 0 saturated carbocycles. The van der Waals surface area contributed by atoms with Gasteiger partial charge >= 0.3 is 0 Å². The first-order chi connectivity index (χ1) is 17.5. The first kappa shape index (κ1) is 26.2. The van der Waals surface area contributed by atoms with E-state index in [0.29, 0.717) is 38.4 Å². The highest BCUT2D eigenvalue weighted by molar-refractivity contribution is 8.03. The molecule has 0 amide bonds. The molecular formula is C25H21Cl2N5O2S2. The fourth-order valence-corrected chi connectivity index (χ4v) is 6.28. The van der Waals surface area contributed by atoms with E-state index < -0.39 is 5.37 Å². The third kappa shape index (κ3) is 6.08. The molecule has 2 heterocycles. The third-order valence-corrected chi connectivity index (χ3v) is 8.21. The number of ether oxygens (including phenoxy) is 1. The van der Waals surface area contributed by atoms with E-state index in [1.54, 1.807) is 35.7 Å². The zero-order valence-corrected chi connectivity index (χ0v) is 22.0. The quantitative estimate of drug-likeness (QED) is 0.134. The molecule has 0 radical (unpaired) electrons. The number of benzene rings is 2. The van der Waals surface area contributed by atoms with Crippen molar-refractivity contribution in [3.05, 3.63) is 97.0 Å². The summed E-state index contributed by atoms with van der Waals surface area (Å²) in [7, 11) is 0. The van der Waals surface area contributed by atoms with Crippen LogP contribution in [0.4, 0.5) is 0 Å². The number of nitrogens with zero attached hydrogens (tertiary/aromatic N) is 2. The van der Waals surface area contributed by atoms with Crippen molar-refractivity contribution in [1.29, 1.82) is 10.7 Å². The first-order valence-corrected chi connectivity index (χ1v) is 13.6. The number of thioether (sulfide) groups is 2. The van der Waals surface area contributed by atoms with Gasteiger partial charge in [0.25, 0.3) is 0 Å². The Labute approximate surface area is 227 Å². The smallest absolute Gasteiger partial charge is 0.119 e. The van der Waals surface area contributed by atoms with Gasteiger partial charge in [0.15, 0.2) is 0 Å². The molecule has 0 spiro atoms. The number of nitriles is 1. The fourth-order valence-electron chi connectivity index (χ4n) is 3.69. The Bertz CT molecular complexity index is 1270. The summed E-state index contributed by atoms with van der Waals surface area (Å²) in [5.74, 6) is 1.22. The van der Waals surface area contributed by atoms with Crippen molar-refractivity contribution in [2.24, 2.45) is 5.18 Å². The molecule has 2 aliphatic rings. The van der Waals surface area contributed by atoms with Crippen LogP contribution < -0.4 is 15.4 Å². The Hall–Kier alpha value is -2.90. The second-order valence-corrected chi connectivity index (χ2v) is 10.6. The van der Waals surface area contributed by atoms with Crippen molar-refractivity contribution in [2.45, 2.75) is 10.7 Å². The van der Waals surface area contributed by atoms with Gasteiger partial charge in [0, 0.05) is 33.8 Å². The molecule has 7 nitrogen and oxygen atoms in total. The van der Waals surface area contributed by atoms with Gasteiger partial charge in [-0.15, -0.1) is 23.5 Å². The average Bonchev–Trinajstić information content (AvgIpc) is 3.37. The Kier molecular flexibility index (Phi) is 8.99. The molecule has 36 heavy (non-hydrogen) atoms.